The quantitative estimate of drug-likeness (QED) is 0.867. The number of hydrogen-bond acceptors (Lipinski definition) is 3. The van der Waals surface area contributed by atoms with E-state index in [1.165, 1.54) is 0 Å². The molecule has 2 N–H and O–H groups in total. The van der Waals surface area contributed by atoms with Gasteiger partial charge < -0.3 is 15.4 Å². The van der Waals surface area contributed by atoms with Crippen molar-refractivity contribution in [2.24, 2.45) is 11.3 Å². The van der Waals surface area contributed by atoms with Crippen molar-refractivity contribution in [1.82, 2.24) is 5.32 Å². The Bertz CT molecular complexity index is 422. The highest BCUT2D eigenvalue weighted by atomic mass is 16.5. The minimum Gasteiger partial charge on any atom is -0.384 e. The summed E-state index contributed by atoms with van der Waals surface area (Å²) in [6.45, 7) is 4.55. The van der Waals surface area contributed by atoms with Gasteiger partial charge in [-0.05, 0) is 38.1 Å². The molecule has 0 bridgehead atoms. The van der Waals surface area contributed by atoms with Crippen molar-refractivity contribution in [3.05, 3.63) is 30.3 Å². The zero-order chi connectivity index (χ0) is 14.4. The van der Waals surface area contributed by atoms with Gasteiger partial charge in [0, 0.05) is 24.1 Å². The van der Waals surface area contributed by atoms with Crippen LogP contribution < -0.4 is 10.6 Å². The molecule has 1 unspecified atom stereocenters. The second-order valence-corrected chi connectivity index (χ2v) is 5.62. The van der Waals surface area contributed by atoms with E-state index in [0.29, 0.717) is 6.61 Å². The Labute approximate surface area is 120 Å². The van der Waals surface area contributed by atoms with Crippen LogP contribution in [0.1, 0.15) is 19.8 Å². The molecule has 0 radical (unpaired) electrons. The van der Waals surface area contributed by atoms with Crippen LogP contribution in [0, 0.1) is 11.3 Å². The Kier molecular flexibility index (Phi) is 5.15. The fourth-order valence-electron chi connectivity index (χ4n) is 2.96. The summed E-state index contributed by atoms with van der Waals surface area (Å²) in [5, 5.41) is 6.36. The number of para-hydroxylation sites is 1. The summed E-state index contributed by atoms with van der Waals surface area (Å²) in [7, 11) is 1.71. The van der Waals surface area contributed by atoms with Crippen molar-refractivity contribution in [1.29, 1.82) is 0 Å². The summed E-state index contributed by atoms with van der Waals surface area (Å²) >= 11 is 0. The lowest BCUT2D eigenvalue weighted by molar-refractivity contribution is -0.126. The number of hydrogen-bond donors (Lipinski definition) is 2. The lowest BCUT2D eigenvalue weighted by Crippen LogP contribution is -2.47. The summed E-state index contributed by atoms with van der Waals surface area (Å²) in [6.07, 6.45) is 1.95. The Morgan fingerprint density at radius 2 is 2.00 bits per heavy atom. The predicted molar refractivity (Wildman–Crippen MR) is 80.6 cm³/mol. The summed E-state index contributed by atoms with van der Waals surface area (Å²) in [6, 6.07) is 9.62. The Balaban J connectivity index is 2.06. The summed E-state index contributed by atoms with van der Waals surface area (Å²) in [5.74, 6) is 0.0138. The maximum absolute atomic E-state index is 12.5. The van der Waals surface area contributed by atoms with Crippen LogP contribution in [-0.2, 0) is 9.53 Å². The Morgan fingerprint density at radius 3 is 2.60 bits per heavy atom. The smallest absolute Gasteiger partial charge is 0.227 e. The van der Waals surface area contributed by atoms with Gasteiger partial charge in [-0.2, -0.15) is 0 Å². The SMILES string of the molecule is COCC1(C(C)C(=O)Nc2ccccc2)CCNCC1. The predicted octanol–water partition coefficient (Wildman–Crippen LogP) is 2.28. The van der Waals surface area contributed by atoms with Crippen molar-refractivity contribution >= 4 is 11.6 Å². The van der Waals surface area contributed by atoms with Gasteiger partial charge in [0.15, 0.2) is 0 Å². The van der Waals surface area contributed by atoms with E-state index < -0.39 is 0 Å². The molecule has 1 fully saturated rings. The summed E-state index contributed by atoms with van der Waals surface area (Å²) in [5.41, 5.74) is 0.796. The van der Waals surface area contributed by atoms with E-state index in [1.807, 2.05) is 37.3 Å². The molecular formula is C16H24N2O2. The molecule has 1 heterocycles. The highest BCUT2D eigenvalue weighted by Crippen LogP contribution is 2.38. The van der Waals surface area contributed by atoms with Gasteiger partial charge in [0.1, 0.15) is 0 Å². The molecule has 1 aromatic carbocycles. The molecule has 110 valence electrons. The number of anilines is 1. The van der Waals surface area contributed by atoms with Crippen LogP contribution in [0.5, 0.6) is 0 Å². The minimum atomic E-state index is -0.0650. The number of benzene rings is 1. The van der Waals surface area contributed by atoms with E-state index >= 15 is 0 Å². The first kappa shape index (κ1) is 15.0. The fraction of sp³-hybridized carbons (Fsp3) is 0.562. The number of nitrogens with one attached hydrogen (secondary N) is 2. The average Bonchev–Trinajstić information content (AvgIpc) is 2.48. The molecule has 1 aliphatic heterocycles. The first-order valence-corrected chi connectivity index (χ1v) is 7.23. The molecule has 1 amide bonds. The normalized spacial score (nSPS) is 19.3. The number of methoxy groups -OCH3 is 1. The van der Waals surface area contributed by atoms with Crippen LogP contribution in [0.15, 0.2) is 30.3 Å². The molecule has 2 rings (SSSR count). The van der Waals surface area contributed by atoms with Gasteiger partial charge in [0.05, 0.1) is 6.61 Å². The monoisotopic (exact) mass is 276 g/mol. The molecule has 4 heteroatoms. The number of carbonyl (C=O) groups excluding carboxylic acids is 1. The molecule has 0 spiro atoms. The van der Waals surface area contributed by atoms with Gasteiger partial charge in [-0.1, -0.05) is 25.1 Å². The average molecular weight is 276 g/mol. The van der Waals surface area contributed by atoms with Crippen LogP contribution in [-0.4, -0.2) is 32.7 Å². The van der Waals surface area contributed by atoms with Gasteiger partial charge >= 0.3 is 0 Å². The Morgan fingerprint density at radius 1 is 1.35 bits per heavy atom. The number of ether oxygens (including phenoxy) is 1. The van der Waals surface area contributed by atoms with Crippen LogP contribution in [0.4, 0.5) is 5.69 Å². The highest BCUT2D eigenvalue weighted by Gasteiger charge is 2.41. The maximum atomic E-state index is 12.5. The number of rotatable bonds is 5. The van der Waals surface area contributed by atoms with Crippen molar-refractivity contribution < 1.29 is 9.53 Å². The van der Waals surface area contributed by atoms with Crippen LogP contribution >= 0.6 is 0 Å². The maximum Gasteiger partial charge on any atom is 0.227 e. The largest absolute Gasteiger partial charge is 0.384 e. The molecule has 0 aliphatic carbocycles. The highest BCUT2D eigenvalue weighted by molar-refractivity contribution is 5.92. The van der Waals surface area contributed by atoms with E-state index in [2.05, 4.69) is 10.6 Å². The molecular weight excluding hydrogens is 252 g/mol. The third kappa shape index (κ3) is 3.38. The zero-order valence-electron chi connectivity index (χ0n) is 12.3. The lowest BCUT2D eigenvalue weighted by Gasteiger charge is -2.41. The van der Waals surface area contributed by atoms with Crippen molar-refractivity contribution in [3.63, 3.8) is 0 Å². The first-order valence-electron chi connectivity index (χ1n) is 7.23. The van der Waals surface area contributed by atoms with E-state index in [9.17, 15) is 4.79 Å². The van der Waals surface area contributed by atoms with Crippen LogP contribution in [0.3, 0.4) is 0 Å². The number of amides is 1. The van der Waals surface area contributed by atoms with Gasteiger partial charge in [-0.15, -0.1) is 0 Å². The van der Waals surface area contributed by atoms with Crippen molar-refractivity contribution in [2.45, 2.75) is 19.8 Å². The molecule has 1 aliphatic rings. The first-order chi connectivity index (χ1) is 9.68. The lowest BCUT2D eigenvalue weighted by atomic mass is 9.70. The molecule has 1 atom stereocenters. The minimum absolute atomic E-state index is 0.0567. The topological polar surface area (TPSA) is 50.4 Å². The van der Waals surface area contributed by atoms with Gasteiger partial charge in [-0.3, -0.25) is 4.79 Å². The number of piperidine rings is 1. The summed E-state index contributed by atoms with van der Waals surface area (Å²) < 4.78 is 5.40. The zero-order valence-corrected chi connectivity index (χ0v) is 12.3. The fourth-order valence-corrected chi connectivity index (χ4v) is 2.96. The van der Waals surface area contributed by atoms with Crippen LogP contribution in [0.2, 0.25) is 0 Å². The second-order valence-electron chi connectivity index (χ2n) is 5.62. The molecule has 1 saturated heterocycles. The van der Waals surface area contributed by atoms with E-state index in [4.69, 9.17) is 4.74 Å². The van der Waals surface area contributed by atoms with Crippen molar-refractivity contribution in [3.8, 4) is 0 Å². The standard InChI is InChI=1S/C16H24N2O2/c1-13(15(19)18-14-6-4-3-5-7-14)16(12-20-2)8-10-17-11-9-16/h3-7,13,17H,8-12H2,1-2H3,(H,18,19). The summed E-state index contributed by atoms with van der Waals surface area (Å²) in [4.78, 5) is 12.5. The molecule has 20 heavy (non-hydrogen) atoms. The molecule has 0 aromatic heterocycles. The van der Waals surface area contributed by atoms with Gasteiger partial charge in [-0.25, -0.2) is 0 Å². The molecule has 0 saturated carbocycles. The van der Waals surface area contributed by atoms with Crippen LogP contribution in [0.25, 0.3) is 0 Å². The number of carbonyl (C=O) groups is 1. The molecule has 4 nitrogen and oxygen atoms in total. The van der Waals surface area contributed by atoms with E-state index in [1.54, 1.807) is 7.11 Å². The van der Waals surface area contributed by atoms with Gasteiger partial charge in [0.25, 0.3) is 0 Å². The van der Waals surface area contributed by atoms with E-state index in [0.717, 1.165) is 31.6 Å². The Hall–Kier alpha value is -1.39. The third-order valence-electron chi connectivity index (χ3n) is 4.38. The molecule has 1 aromatic rings. The van der Waals surface area contributed by atoms with E-state index in [-0.39, 0.29) is 17.2 Å². The second kappa shape index (κ2) is 6.86. The van der Waals surface area contributed by atoms with Gasteiger partial charge in [0.2, 0.25) is 5.91 Å². The third-order valence-corrected chi connectivity index (χ3v) is 4.38. The van der Waals surface area contributed by atoms with Crippen molar-refractivity contribution in [2.75, 3.05) is 32.1 Å².